The van der Waals surface area contributed by atoms with Crippen molar-refractivity contribution in [3.8, 4) is 5.75 Å². The number of benzene rings is 3. The van der Waals surface area contributed by atoms with Gasteiger partial charge in [0.1, 0.15) is 11.8 Å². The number of nitro groups is 1. The number of anilines is 1. The smallest absolute Gasteiger partial charge is 0.325 e. The lowest BCUT2D eigenvalue weighted by atomic mass is 10.1. The molecule has 3 aromatic rings. The summed E-state index contributed by atoms with van der Waals surface area (Å²) < 4.78 is 37.7. The minimum atomic E-state index is -4.17. The van der Waals surface area contributed by atoms with Crippen LogP contribution in [-0.4, -0.2) is 67.0 Å². The number of β-amino-alcohol motifs (C(OH)–C–C–N with tert-alkyl or cyclic N) is 1. The molecule has 194 valence electrons. The van der Waals surface area contributed by atoms with Crippen molar-refractivity contribution in [1.82, 2.24) is 4.31 Å². The third kappa shape index (κ3) is 5.53. The van der Waals surface area contributed by atoms with E-state index >= 15 is 0 Å². The normalized spacial score (nSPS) is 17.9. The van der Waals surface area contributed by atoms with Crippen molar-refractivity contribution >= 4 is 44.0 Å². The van der Waals surface area contributed by atoms with Gasteiger partial charge in [0.15, 0.2) is 6.61 Å². The largest absolute Gasteiger partial charge is 0.495 e. The van der Waals surface area contributed by atoms with E-state index in [1.54, 1.807) is 18.2 Å². The molecule has 0 unspecified atom stereocenters. The van der Waals surface area contributed by atoms with Crippen molar-refractivity contribution in [2.24, 2.45) is 0 Å². The zero-order chi connectivity index (χ0) is 26.7. The van der Waals surface area contributed by atoms with Crippen LogP contribution >= 0.6 is 0 Å². The molecule has 1 aliphatic rings. The monoisotopic (exact) mass is 529 g/mol. The highest BCUT2D eigenvalue weighted by Crippen LogP contribution is 2.30. The molecule has 1 aliphatic heterocycles. The Balaban J connectivity index is 1.46. The van der Waals surface area contributed by atoms with Crippen molar-refractivity contribution in [2.45, 2.75) is 23.5 Å². The molecule has 1 saturated heterocycles. The van der Waals surface area contributed by atoms with E-state index in [4.69, 9.17) is 9.47 Å². The van der Waals surface area contributed by atoms with Gasteiger partial charge in [-0.1, -0.05) is 30.3 Å². The molecule has 2 N–H and O–H groups in total. The fourth-order valence-corrected chi connectivity index (χ4v) is 5.72. The van der Waals surface area contributed by atoms with Crippen LogP contribution in [0.2, 0.25) is 0 Å². The number of aliphatic hydroxyl groups is 1. The van der Waals surface area contributed by atoms with E-state index in [1.165, 1.54) is 31.4 Å². The van der Waals surface area contributed by atoms with Gasteiger partial charge in [0.25, 0.3) is 11.6 Å². The van der Waals surface area contributed by atoms with E-state index in [0.717, 1.165) is 15.8 Å². The zero-order valence-electron chi connectivity index (χ0n) is 19.6. The number of carbonyl (C=O) groups excluding carboxylic acids is 2. The van der Waals surface area contributed by atoms with Gasteiger partial charge in [-0.3, -0.25) is 19.7 Å². The molecule has 0 spiro atoms. The number of sulfonamides is 1. The first kappa shape index (κ1) is 26.0. The summed E-state index contributed by atoms with van der Waals surface area (Å²) in [7, 11) is -2.86. The minimum absolute atomic E-state index is 0.00505. The van der Waals surface area contributed by atoms with E-state index in [0.29, 0.717) is 5.39 Å². The number of non-ortho nitro benzene ring substituents is 1. The van der Waals surface area contributed by atoms with Crippen LogP contribution in [-0.2, 0) is 24.3 Å². The van der Waals surface area contributed by atoms with Gasteiger partial charge in [0, 0.05) is 25.1 Å². The van der Waals surface area contributed by atoms with Crippen LogP contribution in [0.3, 0.4) is 0 Å². The quantitative estimate of drug-likeness (QED) is 0.252. The number of esters is 1. The number of nitrogens with zero attached hydrogens (tertiary/aromatic N) is 2. The van der Waals surface area contributed by atoms with Gasteiger partial charge in [-0.15, -0.1) is 0 Å². The third-order valence-electron chi connectivity index (χ3n) is 5.85. The first-order valence-electron chi connectivity index (χ1n) is 11.1. The topological polar surface area (TPSA) is 165 Å². The van der Waals surface area contributed by atoms with Crippen LogP contribution in [0.15, 0.2) is 65.6 Å². The first-order chi connectivity index (χ1) is 17.6. The summed E-state index contributed by atoms with van der Waals surface area (Å²) in [5, 5.41) is 25.1. The number of carbonyl (C=O) groups is 2. The van der Waals surface area contributed by atoms with E-state index in [2.05, 4.69) is 5.32 Å². The van der Waals surface area contributed by atoms with E-state index in [-0.39, 0.29) is 35.0 Å². The summed E-state index contributed by atoms with van der Waals surface area (Å²) >= 11 is 0. The summed E-state index contributed by atoms with van der Waals surface area (Å²) in [6.07, 6.45) is -1.30. The molecule has 12 nitrogen and oxygen atoms in total. The predicted octanol–water partition coefficient (Wildman–Crippen LogP) is 2.06. The van der Waals surface area contributed by atoms with Gasteiger partial charge in [0.2, 0.25) is 10.0 Å². The third-order valence-corrected chi connectivity index (χ3v) is 7.72. The lowest BCUT2D eigenvalue weighted by molar-refractivity contribution is -0.384. The fraction of sp³-hybridized carbons (Fsp3) is 0.250. The van der Waals surface area contributed by atoms with Crippen molar-refractivity contribution in [3.05, 3.63) is 70.8 Å². The second kappa shape index (κ2) is 10.5. The maximum Gasteiger partial charge on any atom is 0.325 e. The molecule has 0 saturated carbocycles. The molecule has 1 fully saturated rings. The number of aliphatic hydroxyl groups excluding tert-OH is 1. The molecule has 0 aliphatic carbocycles. The summed E-state index contributed by atoms with van der Waals surface area (Å²) in [5.74, 6) is -1.69. The maximum atomic E-state index is 13.3. The van der Waals surface area contributed by atoms with Gasteiger partial charge in [-0.05, 0) is 29.0 Å². The molecule has 2 atom stereocenters. The maximum absolute atomic E-state index is 13.3. The van der Waals surface area contributed by atoms with Crippen LogP contribution in [0.25, 0.3) is 10.8 Å². The number of methoxy groups -OCH3 is 1. The number of nitrogens with one attached hydrogen (secondary N) is 1. The van der Waals surface area contributed by atoms with Crippen molar-refractivity contribution in [1.29, 1.82) is 0 Å². The molecule has 3 aromatic carbocycles. The average molecular weight is 530 g/mol. The van der Waals surface area contributed by atoms with Crippen molar-refractivity contribution in [3.63, 3.8) is 0 Å². The Labute approximate surface area is 211 Å². The van der Waals surface area contributed by atoms with Gasteiger partial charge in [-0.25, -0.2) is 8.42 Å². The van der Waals surface area contributed by atoms with Crippen LogP contribution in [0.1, 0.15) is 6.42 Å². The van der Waals surface area contributed by atoms with Crippen LogP contribution < -0.4 is 10.1 Å². The molecular weight excluding hydrogens is 506 g/mol. The SMILES string of the molecule is COc1ccc([N+](=O)[O-])cc1NC(=O)COC(=O)[C@@H]1C[C@H](O)CN1S(=O)(=O)c1ccc2ccccc2c1. The summed E-state index contributed by atoms with van der Waals surface area (Å²) in [5.41, 5.74) is -0.294. The van der Waals surface area contributed by atoms with Crippen LogP contribution in [0, 0.1) is 10.1 Å². The van der Waals surface area contributed by atoms with E-state index in [9.17, 15) is 33.2 Å². The lowest BCUT2D eigenvalue weighted by Crippen LogP contribution is -2.42. The predicted molar refractivity (Wildman–Crippen MR) is 131 cm³/mol. The number of ether oxygens (including phenoxy) is 2. The molecule has 1 amide bonds. The fourth-order valence-electron chi connectivity index (χ4n) is 4.05. The summed E-state index contributed by atoms with van der Waals surface area (Å²) in [6, 6.07) is 14.0. The summed E-state index contributed by atoms with van der Waals surface area (Å²) in [4.78, 5) is 35.5. The Hall–Kier alpha value is -4.07. The standard InChI is InChI=1S/C24H23N3O9S/c1-35-22-9-7-17(27(31)32)11-20(22)25-23(29)14-36-24(30)21-12-18(28)13-26(21)37(33,34)19-8-6-15-4-2-3-5-16(15)10-19/h2-11,18,21,28H,12-14H2,1H3,(H,25,29)/t18-,21-/m0/s1. The molecule has 0 radical (unpaired) electrons. The van der Waals surface area contributed by atoms with E-state index in [1.807, 2.05) is 12.1 Å². The molecular formula is C24H23N3O9S. The Morgan fingerprint density at radius 3 is 2.57 bits per heavy atom. The molecule has 13 heteroatoms. The summed E-state index contributed by atoms with van der Waals surface area (Å²) in [6.45, 7) is -1.10. The van der Waals surface area contributed by atoms with Gasteiger partial charge in [-0.2, -0.15) is 4.31 Å². The average Bonchev–Trinajstić information content (AvgIpc) is 3.29. The molecule has 0 bridgehead atoms. The van der Waals surface area contributed by atoms with Crippen molar-refractivity contribution < 1.29 is 37.5 Å². The van der Waals surface area contributed by atoms with E-state index < -0.39 is 45.6 Å². The number of rotatable bonds is 8. The molecule has 0 aromatic heterocycles. The Kier molecular flexibility index (Phi) is 7.38. The highest BCUT2D eigenvalue weighted by Gasteiger charge is 2.44. The van der Waals surface area contributed by atoms with Gasteiger partial charge >= 0.3 is 5.97 Å². The second-order valence-electron chi connectivity index (χ2n) is 8.29. The number of amides is 1. The Bertz CT molecular complexity index is 1480. The van der Waals surface area contributed by atoms with Crippen molar-refractivity contribution in [2.75, 3.05) is 25.6 Å². The van der Waals surface area contributed by atoms with Gasteiger partial charge < -0.3 is 19.9 Å². The first-order valence-corrected chi connectivity index (χ1v) is 12.5. The zero-order valence-corrected chi connectivity index (χ0v) is 20.4. The number of fused-ring (bicyclic) bond motifs is 1. The molecule has 1 heterocycles. The van der Waals surface area contributed by atoms with Gasteiger partial charge in [0.05, 0.1) is 28.7 Å². The molecule has 37 heavy (non-hydrogen) atoms. The number of hydrogen-bond donors (Lipinski definition) is 2. The highest BCUT2D eigenvalue weighted by atomic mass is 32.2. The second-order valence-corrected chi connectivity index (χ2v) is 10.2. The number of nitro benzene ring substituents is 1. The minimum Gasteiger partial charge on any atom is -0.495 e. The van der Waals surface area contributed by atoms with Crippen LogP contribution in [0.5, 0.6) is 5.75 Å². The lowest BCUT2D eigenvalue weighted by Gasteiger charge is -2.22. The number of hydrogen-bond acceptors (Lipinski definition) is 9. The highest BCUT2D eigenvalue weighted by molar-refractivity contribution is 7.89. The molecule has 4 rings (SSSR count). The Morgan fingerprint density at radius 2 is 1.86 bits per heavy atom. The Morgan fingerprint density at radius 1 is 1.14 bits per heavy atom. The van der Waals surface area contributed by atoms with Crippen LogP contribution in [0.4, 0.5) is 11.4 Å².